The summed E-state index contributed by atoms with van der Waals surface area (Å²) in [5, 5.41) is 0. The van der Waals surface area contributed by atoms with E-state index in [9.17, 15) is 0 Å². The highest BCUT2D eigenvalue weighted by Gasteiger charge is 2.28. The molecule has 3 rings (SSSR count). The van der Waals surface area contributed by atoms with Crippen LogP contribution in [0.25, 0.3) is 0 Å². The number of hydrogen-bond acceptors (Lipinski definition) is 4. The van der Waals surface area contributed by atoms with E-state index in [0.29, 0.717) is 12.0 Å². The molecule has 4 nitrogen and oxygen atoms in total. The summed E-state index contributed by atoms with van der Waals surface area (Å²) in [6.07, 6.45) is 6.43. The molecule has 2 atom stereocenters. The molecule has 1 aliphatic heterocycles. The summed E-state index contributed by atoms with van der Waals surface area (Å²) in [6, 6.07) is 17.7. The fourth-order valence-corrected chi connectivity index (χ4v) is 3.97. The minimum absolute atomic E-state index is 0.315. The lowest BCUT2D eigenvalue weighted by atomic mass is 9.91. The fraction of sp³-hybridized carbons (Fsp3) is 0.520. The van der Waals surface area contributed by atoms with E-state index < -0.39 is 0 Å². The van der Waals surface area contributed by atoms with Crippen molar-refractivity contribution in [2.45, 2.75) is 45.1 Å². The van der Waals surface area contributed by atoms with E-state index >= 15 is 0 Å². The SMILES string of the molecule is CCCCCN1CC[C@H](CCOc2ccc(Oc3ccccc3)cc2)[C@@H](OC)C1. The van der Waals surface area contributed by atoms with Crippen molar-refractivity contribution in [2.24, 2.45) is 5.92 Å². The minimum atomic E-state index is 0.315. The summed E-state index contributed by atoms with van der Waals surface area (Å²) in [4.78, 5) is 2.56. The molecule has 158 valence electrons. The molecule has 1 saturated heterocycles. The molecule has 0 saturated carbocycles. The van der Waals surface area contributed by atoms with Gasteiger partial charge in [0.15, 0.2) is 0 Å². The Morgan fingerprint density at radius 2 is 1.66 bits per heavy atom. The predicted octanol–water partition coefficient (Wildman–Crippen LogP) is 5.77. The van der Waals surface area contributed by atoms with Crippen molar-refractivity contribution in [2.75, 3.05) is 33.4 Å². The monoisotopic (exact) mass is 397 g/mol. The molecule has 2 aromatic carbocycles. The first-order valence-electron chi connectivity index (χ1n) is 11.0. The third-order valence-electron chi connectivity index (χ3n) is 5.72. The lowest BCUT2D eigenvalue weighted by Crippen LogP contribution is -2.45. The molecule has 0 aliphatic carbocycles. The number of likely N-dealkylation sites (tertiary alicyclic amines) is 1. The summed E-state index contributed by atoms with van der Waals surface area (Å²) < 4.78 is 17.6. The van der Waals surface area contributed by atoms with Crippen molar-refractivity contribution in [3.63, 3.8) is 0 Å². The molecular formula is C25H35NO3. The number of piperidine rings is 1. The van der Waals surface area contributed by atoms with Gasteiger partial charge in [0, 0.05) is 13.7 Å². The van der Waals surface area contributed by atoms with Crippen LogP contribution in [0.2, 0.25) is 0 Å². The van der Waals surface area contributed by atoms with Crippen LogP contribution >= 0.6 is 0 Å². The quantitative estimate of drug-likeness (QED) is 0.450. The topological polar surface area (TPSA) is 30.9 Å². The fourth-order valence-electron chi connectivity index (χ4n) is 3.97. The molecule has 0 amide bonds. The first-order valence-corrected chi connectivity index (χ1v) is 11.0. The second-order valence-corrected chi connectivity index (χ2v) is 7.85. The van der Waals surface area contributed by atoms with Crippen LogP contribution in [0.4, 0.5) is 0 Å². The van der Waals surface area contributed by atoms with Crippen molar-refractivity contribution in [1.29, 1.82) is 0 Å². The van der Waals surface area contributed by atoms with E-state index in [1.165, 1.54) is 38.8 Å². The number of ether oxygens (including phenoxy) is 3. The summed E-state index contributed by atoms with van der Waals surface area (Å²) in [5.41, 5.74) is 0. The standard InChI is InChI=1S/C25H35NO3/c1-3-4-8-17-26-18-15-21(25(20-26)27-2)16-19-28-22-11-13-24(14-12-22)29-23-9-6-5-7-10-23/h5-7,9-14,21,25H,3-4,8,15-20H2,1-2H3/t21-,25+/m1/s1. The lowest BCUT2D eigenvalue weighted by molar-refractivity contribution is -0.0180. The van der Waals surface area contributed by atoms with Gasteiger partial charge in [-0.15, -0.1) is 0 Å². The number of para-hydroxylation sites is 1. The van der Waals surface area contributed by atoms with Crippen LogP contribution in [-0.2, 0) is 4.74 Å². The summed E-state index contributed by atoms with van der Waals surface area (Å²) in [5.74, 6) is 3.12. The van der Waals surface area contributed by atoms with E-state index in [0.717, 1.165) is 36.8 Å². The first kappa shape index (κ1) is 21.7. The molecule has 1 fully saturated rings. The van der Waals surface area contributed by atoms with Gasteiger partial charge in [-0.2, -0.15) is 0 Å². The van der Waals surface area contributed by atoms with Gasteiger partial charge in [-0.25, -0.2) is 0 Å². The average molecular weight is 398 g/mol. The van der Waals surface area contributed by atoms with Gasteiger partial charge in [0.25, 0.3) is 0 Å². The zero-order chi connectivity index (χ0) is 20.3. The van der Waals surface area contributed by atoms with Crippen LogP contribution in [-0.4, -0.2) is 44.4 Å². The number of rotatable bonds is 11. The maximum atomic E-state index is 5.99. The van der Waals surface area contributed by atoms with E-state index in [-0.39, 0.29) is 0 Å². The van der Waals surface area contributed by atoms with Gasteiger partial charge >= 0.3 is 0 Å². The van der Waals surface area contributed by atoms with Crippen LogP contribution in [0, 0.1) is 5.92 Å². The van der Waals surface area contributed by atoms with Gasteiger partial charge in [0.1, 0.15) is 17.2 Å². The third-order valence-corrected chi connectivity index (χ3v) is 5.72. The molecule has 0 radical (unpaired) electrons. The number of methoxy groups -OCH3 is 1. The van der Waals surface area contributed by atoms with E-state index in [2.05, 4.69) is 11.8 Å². The van der Waals surface area contributed by atoms with Crippen LogP contribution < -0.4 is 9.47 Å². The summed E-state index contributed by atoms with van der Waals surface area (Å²) in [7, 11) is 1.85. The molecule has 0 aromatic heterocycles. The number of nitrogens with zero attached hydrogens (tertiary/aromatic N) is 1. The second-order valence-electron chi connectivity index (χ2n) is 7.85. The number of hydrogen-bond donors (Lipinski definition) is 0. The van der Waals surface area contributed by atoms with E-state index in [1.807, 2.05) is 61.7 Å². The molecule has 29 heavy (non-hydrogen) atoms. The predicted molar refractivity (Wildman–Crippen MR) is 118 cm³/mol. The normalized spacial score (nSPS) is 19.8. The molecule has 0 unspecified atom stereocenters. The van der Waals surface area contributed by atoms with Crippen molar-refractivity contribution in [3.8, 4) is 17.2 Å². The minimum Gasteiger partial charge on any atom is -0.494 e. The Morgan fingerprint density at radius 1 is 0.931 bits per heavy atom. The van der Waals surface area contributed by atoms with E-state index in [1.54, 1.807) is 0 Å². The zero-order valence-corrected chi connectivity index (χ0v) is 17.9. The largest absolute Gasteiger partial charge is 0.494 e. The summed E-state index contributed by atoms with van der Waals surface area (Å²) in [6.45, 7) is 6.41. The van der Waals surface area contributed by atoms with Gasteiger partial charge in [-0.1, -0.05) is 38.0 Å². The van der Waals surface area contributed by atoms with Gasteiger partial charge in [0.2, 0.25) is 0 Å². The Hall–Kier alpha value is -2.04. The molecular weight excluding hydrogens is 362 g/mol. The van der Waals surface area contributed by atoms with E-state index in [4.69, 9.17) is 14.2 Å². The smallest absolute Gasteiger partial charge is 0.127 e. The van der Waals surface area contributed by atoms with Crippen molar-refractivity contribution >= 4 is 0 Å². The first-order chi connectivity index (χ1) is 14.3. The molecule has 1 aliphatic rings. The van der Waals surface area contributed by atoms with Crippen LogP contribution in [0.5, 0.6) is 17.2 Å². The Morgan fingerprint density at radius 3 is 2.38 bits per heavy atom. The zero-order valence-electron chi connectivity index (χ0n) is 17.9. The molecule has 0 N–H and O–H groups in total. The van der Waals surface area contributed by atoms with Gasteiger partial charge in [-0.3, -0.25) is 0 Å². The Labute approximate surface area is 175 Å². The van der Waals surface area contributed by atoms with Crippen LogP contribution in [0.15, 0.2) is 54.6 Å². The Balaban J connectivity index is 1.40. The number of unbranched alkanes of at least 4 members (excludes halogenated alkanes) is 2. The third kappa shape index (κ3) is 7.06. The van der Waals surface area contributed by atoms with Crippen LogP contribution in [0.1, 0.15) is 39.0 Å². The molecule has 4 heteroatoms. The van der Waals surface area contributed by atoms with Gasteiger partial charge < -0.3 is 19.1 Å². The molecule has 0 spiro atoms. The van der Waals surface area contributed by atoms with Crippen molar-refractivity contribution in [3.05, 3.63) is 54.6 Å². The molecule has 2 aromatic rings. The van der Waals surface area contributed by atoms with Gasteiger partial charge in [0.05, 0.1) is 12.7 Å². The maximum absolute atomic E-state index is 5.99. The number of benzene rings is 2. The molecule has 1 heterocycles. The highest BCUT2D eigenvalue weighted by molar-refractivity contribution is 5.35. The summed E-state index contributed by atoms with van der Waals surface area (Å²) >= 11 is 0. The highest BCUT2D eigenvalue weighted by Crippen LogP contribution is 2.26. The van der Waals surface area contributed by atoms with Crippen LogP contribution in [0.3, 0.4) is 0 Å². The second kappa shape index (κ2) is 11.8. The van der Waals surface area contributed by atoms with Crippen molar-refractivity contribution < 1.29 is 14.2 Å². The van der Waals surface area contributed by atoms with Crippen molar-refractivity contribution in [1.82, 2.24) is 4.90 Å². The Bertz CT molecular complexity index is 689. The lowest BCUT2D eigenvalue weighted by Gasteiger charge is -2.37. The highest BCUT2D eigenvalue weighted by atomic mass is 16.5. The maximum Gasteiger partial charge on any atom is 0.127 e. The van der Waals surface area contributed by atoms with Gasteiger partial charge in [-0.05, 0) is 74.7 Å². The average Bonchev–Trinajstić information content (AvgIpc) is 2.76. The Kier molecular flexibility index (Phi) is 8.84. The molecule has 0 bridgehead atoms.